The van der Waals surface area contributed by atoms with E-state index in [2.05, 4.69) is 52.9 Å². The van der Waals surface area contributed by atoms with Crippen molar-refractivity contribution in [1.82, 2.24) is 0 Å². The molecule has 1 saturated heterocycles. The van der Waals surface area contributed by atoms with E-state index in [1.54, 1.807) is 0 Å². The number of hydrogen-bond donors (Lipinski definition) is 1. The van der Waals surface area contributed by atoms with Crippen molar-refractivity contribution < 1.29 is 0 Å². The predicted octanol–water partition coefficient (Wildman–Crippen LogP) is 3.78. The zero-order chi connectivity index (χ0) is 13.1. The first-order chi connectivity index (χ1) is 8.61. The lowest BCUT2D eigenvalue weighted by Gasteiger charge is -2.36. The molecule has 0 aromatic heterocycles. The van der Waals surface area contributed by atoms with Crippen LogP contribution >= 0.6 is 15.9 Å². The van der Waals surface area contributed by atoms with Crippen LogP contribution in [0.5, 0.6) is 0 Å². The van der Waals surface area contributed by atoms with Crippen molar-refractivity contribution in [2.45, 2.75) is 33.2 Å². The fourth-order valence-electron chi connectivity index (χ4n) is 2.83. The average Bonchev–Trinajstić information content (AvgIpc) is 2.38. The summed E-state index contributed by atoms with van der Waals surface area (Å²) in [5.74, 6) is 1.70. The molecule has 1 aromatic rings. The number of hydrogen-bond acceptors (Lipinski definition) is 2. The van der Waals surface area contributed by atoms with E-state index in [1.807, 2.05) is 0 Å². The van der Waals surface area contributed by atoms with Crippen molar-refractivity contribution in [3.05, 3.63) is 28.2 Å². The minimum atomic E-state index is 0.610. The molecular weight excluding hydrogens is 288 g/mol. The molecule has 0 aliphatic carbocycles. The van der Waals surface area contributed by atoms with Crippen LogP contribution in [0.15, 0.2) is 22.7 Å². The van der Waals surface area contributed by atoms with Gasteiger partial charge in [-0.3, -0.25) is 0 Å². The molecule has 0 spiro atoms. The summed E-state index contributed by atoms with van der Waals surface area (Å²) in [7, 11) is 0. The van der Waals surface area contributed by atoms with Crippen molar-refractivity contribution in [2.24, 2.45) is 17.6 Å². The van der Waals surface area contributed by atoms with Gasteiger partial charge in [-0.2, -0.15) is 0 Å². The largest absolute Gasteiger partial charge is 0.371 e. The summed E-state index contributed by atoms with van der Waals surface area (Å²) in [5, 5.41) is 0. The zero-order valence-corrected chi connectivity index (χ0v) is 12.9. The van der Waals surface area contributed by atoms with Crippen LogP contribution in [0.1, 0.15) is 32.3 Å². The van der Waals surface area contributed by atoms with E-state index in [1.165, 1.54) is 24.1 Å². The standard InChI is InChI=1S/C15H23BrN2/c1-11(2)12-5-7-18(8-6-12)15-4-3-14(16)9-13(15)10-17/h3-4,9,11-12H,5-8,10,17H2,1-2H3. The average molecular weight is 311 g/mol. The number of rotatable bonds is 3. The first-order valence-electron chi connectivity index (χ1n) is 6.85. The van der Waals surface area contributed by atoms with Crippen LogP contribution in [-0.2, 0) is 6.54 Å². The SMILES string of the molecule is CC(C)C1CCN(c2ccc(Br)cc2CN)CC1. The number of anilines is 1. The van der Waals surface area contributed by atoms with E-state index in [9.17, 15) is 0 Å². The minimum Gasteiger partial charge on any atom is -0.371 e. The highest BCUT2D eigenvalue weighted by molar-refractivity contribution is 9.10. The Balaban J connectivity index is 2.09. The van der Waals surface area contributed by atoms with E-state index in [-0.39, 0.29) is 0 Å². The van der Waals surface area contributed by atoms with Gasteiger partial charge in [-0.1, -0.05) is 29.8 Å². The molecule has 2 nitrogen and oxygen atoms in total. The lowest BCUT2D eigenvalue weighted by Crippen LogP contribution is -2.35. The van der Waals surface area contributed by atoms with Crippen LogP contribution in [-0.4, -0.2) is 13.1 Å². The Kier molecular flexibility index (Phi) is 4.68. The number of nitrogens with zero attached hydrogens (tertiary/aromatic N) is 1. The van der Waals surface area contributed by atoms with Gasteiger partial charge in [0, 0.05) is 29.8 Å². The van der Waals surface area contributed by atoms with Gasteiger partial charge in [0.05, 0.1) is 0 Å². The van der Waals surface area contributed by atoms with Gasteiger partial charge in [-0.15, -0.1) is 0 Å². The number of nitrogens with two attached hydrogens (primary N) is 1. The topological polar surface area (TPSA) is 29.3 Å². The lowest BCUT2D eigenvalue weighted by molar-refractivity contribution is 0.311. The summed E-state index contributed by atoms with van der Waals surface area (Å²) in [4.78, 5) is 2.49. The van der Waals surface area contributed by atoms with Crippen molar-refractivity contribution in [3.8, 4) is 0 Å². The van der Waals surface area contributed by atoms with Gasteiger partial charge in [0.1, 0.15) is 0 Å². The van der Waals surface area contributed by atoms with E-state index >= 15 is 0 Å². The Bertz CT molecular complexity index is 395. The summed E-state index contributed by atoms with van der Waals surface area (Å²) in [6.07, 6.45) is 2.61. The molecule has 1 aromatic carbocycles. The molecule has 2 N–H and O–H groups in total. The molecule has 1 fully saturated rings. The summed E-state index contributed by atoms with van der Waals surface area (Å²) in [6.45, 7) is 7.62. The Labute approximate surface area is 119 Å². The van der Waals surface area contributed by atoms with Crippen LogP contribution in [0, 0.1) is 11.8 Å². The highest BCUT2D eigenvalue weighted by Gasteiger charge is 2.22. The lowest BCUT2D eigenvalue weighted by atomic mass is 9.86. The van der Waals surface area contributed by atoms with Gasteiger partial charge in [0.25, 0.3) is 0 Å². The maximum absolute atomic E-state index is 5.85. The van der Waals surface area contributed by atoms with Gasteiger partial charge >= 0.3 is 0 Å². The van der Waals surface area contributed by atoms with E-state index in [4.69, 9.17) is 5.73 Å². The van der Waals surface area contributed by atoms with Crippen molar-refractivity contribution in [2.75, 3.05) is 18.0 Å². The minimum absolute atomic E-state index is 0.610. The number of halogens is 1. The molecule has 1 heterocycles. The molecule has 0 bridgehead atoms. The molecule has 0 saturated carbocycles. The summed E-state index contributed by atoms with van der Waals surface area (Å²) >= 11 is 3.52. The smallest absolute Gasteiger partial charge is 0.0412 e. The molecule has 100 valence electrons. The second-order valence-electron chi connectivity index (χ2n) is 5.55. The fraction of sp³-hybridized carbons (Fsp3) is 0.600. The van der Waals surface area contributed by atoms with Gasteiger partial charge < -0.3 is 10.6 Å². The van der Waals surface area contributed by atoms with Crippen LogP contribution in [0.3, 0.4) is 0 Å². The predicted molar refractivity (Wildman–Crippen MR) is 81.8 cm³/mol. The van der Waals surface area contributed by atoms with Gasteiger partial charge in [0.15, 0.2) is 0 Å². The fourth-order valence-corrected chi connectivity index (χ4v) is 3.24. The normalized spacial score (nSPS) is 17.5. The van der Waals surface area contributed by atoms with E-state index < -0.39 is 0 Å². The molecule has 18 heavy (non-hydrogen) atoms. The summed E-state index contributed by atoms with van der Waals surface area (Å²) in [6, 6.07) is 6.45. The summed E-state index contributed by atoms with van der Waals surface area (Å²) < 4.78 is 1.11. The quantitative estimate of drug-likeness (QED) is 0.920. The molecule has 1 aliphatic heterocycles. The molecule has 3 heteroatoms. The molecule has 0 unspecified atom stereocenters. The van der Waals surface area contributed by atoms with Crippen molar-refractivity contribution >= 4 is 21.6 Å². The number of benzene rings is 1. The van der Waals surface area contributed by atoms with E-state index in [0.717, 1.165) is 29.4 Å². The van der Waals surface area contributed by atoms with Crippen LogP contribution in [0.4, 0.5) is 5.69 Å². The molecule has 1 aliphatic rings. The Morgan fingerprint density at radius 3 is 2.56 bits per heavy atom. The Hall–Kier alpha value is -0.540. The molecule has 0 atom stereocenters. The third-order valence-electron chi connectivity index (χ3n) is 4.08. The third kappa shape index (κ3) is 3.07. The van der Waals surface area contributed by atoms with Crippen LogP contribution < -0.4 is 10.6 Å². The second kappa shape index (κ2) is 6.07. The van der Waals surface area contributed by atoms with E-state index in [0.29, 0.717) is 6.54 Å². The Morgan fingerprint density at radius 1 is 1.33 bits per heavy atom. The summed E-state index contributed by atoms with van der Waals surface area (Å²) in [5.41, 5.74) is 8.42. The zero-order valence-electron chi connectivity index (χ0n) is 11.3. The second-order valence-corrected chi connectivity index (χ2v) is 6.46. The van der Waals surface area contributed by atoms with Gasteiger partial charge in [-0.25, -0.2) is 0 Å². The highest BCUT2D eigenvalue weighted by Crippen LogP contribution is 2.30. The molecule has 2 rings (SSSR count). The van der Waals surface area contributed by atoms with Crippen LogP contribution in [0.2, 0.25) is 0 Å². The van der Waals surface area contributed by atoms with Gasteiger partial charge in [0.2, 0.25) is 0 Å². The Morgan fingerprint density at radius 2 is 2.00 bits per heavy atom. The molecule has 0 radical (unpaired) electrons. The van der Waals surface area contributed by atoms with Gasteiger partial charge in [-0.05, 0) is 48.4 Å². The van der Waals surface area contributed by atoms with Crippen molar-refractivity contribution in [1.29, 1.82) is 0 Å². The molecule has 0 amide bonds. The maximum atomic E-state index is 5.85. The maximum Gasteiger partial charge on any atom is 0.0412 e. The third-order valence-corrected chi connectivity index (χ3v) is 4.58. The number of piperidine rings is 1. The first-order valence-corrected chi connectivity index (χ1v) is 7.64. The monoisotopic (exact) mass is 310 g/mol. The molecular formula is C15H23BrN2. The van der Waals surface area contributed by atoms with Crippen molar-refractivity contribution in [3.63, 3.8) is 0 Å². The first kappa shape index (κ1) is 13.9. The highest BCUT2D eigenvalue weighted by atomic mass is 79.9. The van der Waals surface area contributed by atoms with Crippen LogP contribution in [0.25, 0.3) is 0 Å².